The predicted molar refractivity (Wildman–Crippen MR) is 82.1 cm³/mol. The molecule has 1 aliphatic heterocycles. The van der Waals surface area contributed by atoms with Gasteiger partial charge in [-0.3, -0.25) is 4.31 Å². The molecule has 4 nitrogen and oxygen atoms in total. The van der Waals surface area contributed by atoms with Gasteiger partial charge in [-0.15, -0.1) is 0 Å². The van der Waals surface area contributed by atoms with Crippen molar-refractivity contribution in [1.29, 1.82) is 0 Å². The van der Waals surface area contributed by atoms with Gasteiger partial charge in [0.15, 0.2) is 0 Å². The first-order valence-corrected chi connectivity index (χ1v) is 8.22. The van der Waals surface area contributed by atoms with E-state index in [1.54, 1.807) is 11.4 Å². The molecule has 0 aromatic heterocycles. The molecular weight excluding hydrogens is 272 g/mol. The molecule has 1 fully saturated rings. The van der Waals surface area contributed by atoms with E-state index in [1.165, 1.54) is 4.31 Å². The van der Waals surface area contributed by atoms with Gasteiger partial charge in [0.2, 0.25) is 0 Å². The largest absolute Gasteiger partial charge is 0.303 e. The van der Waals surface area contributed by atoms with E-state index in [0.717, 1.165) is 29.3 Å². The number of hydrogen-bond acceptors (Lipinski definition) is 2. The van der Waals surface area contributed by atoms with Crippen LogP contribution in [0.5, 0.6) is 0 Å². The molecule has 5 heteroatoms. The van der Waals surface area contributed by atoms with Gasteiger partial charge in [0.25, 0.3) is 0 Å². The Balaban J connectivity index is 2.06. The SMILES string of the molecule is CN(c1cccc2ccccc12)S(=O)(=O)N1CCCC1. The van der Waals surface area contributed by atoms with Gasteiger partial charge >= 0.3 is 10.2 Å². The molecule has 1 heterocycles. The summed E-state index contributed by atoms with van der Waals surface area (Å²) in [6, 6.07) is 13.6. The Morgan fingerprint density at radius 1 is 1.00 bits per heavy atom. The molecule has 0 aliphatic carbocycles. The van der Waals surface area contributed by atoms with Crippen LogP contribution in [0.25, 0.3) is 10.8 Å². The van der Waals surface area contributed by atoms with E-state index < -0.39 is 10.2 Å². The van der Waals surface area contributed by atoms with Crippen molar-refractivity contribution in [2.24, 2.45) is 0 Å². The molecule has 0 spiro atoms. The molecule has 0 amide bonds. The summed E-state index contributed by atoms with van der Waals surface area (Å²) in [5.74, 6) is 0. The molecule has 2 aromatic rings. The average Bonchev–Trinajstić information content (AvgIpc) is 3.01. The third kappa shape index (κ3) is 2.17. The molecular formula is C15H18N2O2S. The molecule has 0 unspecified atom stereocenters. The van der Waals surface area contributed by atoms with E-state index in [0.29, 0.717) is 13.1 Å². The fourth-order valence-electron chi connectivity index (χ4n) is 2.70. The van der Waals surface area contributed by atoms with Crippen molar-refractivity contribution in [2.75, 3.05) is 24.4 Å². The minimum atomic E-state index is -3.42. The van der Waals surface area contributed by atoms with Crippen LogP contribution in [0.1, 0.15) is 12.8 Å². The maximum atomic E-state index is 12.6. The summed E-state index contributed by atoms with van der Waals surface area (Å²) in [5.41, 5.74) is 0.731. The Hall–Kier alpha value is -1.59. The Labute approximate surface area is 119 Å². The fourth-order valence-corrected chi connectivity index (χ4v) is 4.17. The van der Waals surface area contributed by atoms with Crippen LogP contribution >= 0.6 is 0 Å². The predicted octanol–water partition coefficient (Wildman–Crippen LogP) is 2.62. The van der Waals surface area contributed by atoms with Gasteiger partial charge in [0.05, 0.1) is 5.69 Å². The first-order valence-electron chi connectivity index (χ1n) is 6.82. The molecule has 106 valence electrons. The summed E-state index contributed by atoms with van der Waals surface area (Å²) < 4.78 is 28.2. The van der Waals surface area contributed by atoms with Crippen molar-refractivity contribution in [3.05, 3.63) is 42.5 Å². The highest BCUT2D eigenvalue weighted by molar-refractivity contribution is 7.90. The van der Waals surface area contributed by atoms with Crippen LogP contribution in [0.4, 0.5) is 5.69 Å². The standard InChI is InChI=1S/C15H18N2O2S/c1-16(20(18,19)17-11-4-5-12-17)15-10-6-8-13-7-2-3-9-14(13)15/h2-3,6-10H,4-5,11-12H2,1H3. The van der Waals surface area contributed by atoms with Gasteiger partial charge < -0.3 is 0 Å². The second-order valence-electron chi connectivity index (χ2n) is 5.08. The molecule has 0 saturated carbocycles. The average molecular weight is 290 g/mol. The summed E-state index contributed by atoms with van der Waals surface area (Å²) in [7, 11) is -1.78. The highest BCUT2D eigenvalue weighted by Crippen LogP contribution is 2.29. The van der Waals surface area contributed by atoms with E-state index >= 15 is 0 Å². The highest BCUT2D eigenvalue weighted by Gasteiger charge is 2.30. The van der Waals surface area contributed by atoms with Crippen LogP contribution in [0.3, 0.4) is 0 Å². The van der Waals surface area contributed by atoms with Gasteiger partial charge in [-0.2, -0.15) is 12.7 Å². The molecule has 1 saturated heterocycles. The number of nitrogens with zero attached hydrogens (tertiary/aromatic N) is 2. The van der Waals surface area contributed by atoms with E-state index in [2.05, 4.69) is 0 Å². The van der Waals surface area contributed by atoms with Crippen LogP contribution in [-0.2, 0) is 10.2 Å². The lowest BCUT2D eigenvalue weighted by atomic mass is 10.1. The van der Waals surface area contributed by atoms with Crippen LogP contribution in [0.15, 0.2) is 42.5 Å². The van der Waals surface area contributed by atoms with Gasteiger partial charge in [0.1, 0.15) is 0 Å². The van der Waals surface area contributed by atoms with E-state index in [4.69, 9.17) is 0 Å². The minimum Gasteiger partial charge on any atom is -0.260 e. The van der Waals surface area contributed by atoms with E-state index in [-0.39, 0.29) is 0 Å². The summed E-state index contributed by atoms with van der Waals surface area (Å²) >= 11 is 0. The normalized spacial score (nSPS) is 16.6. The van der Waals surface area contributed by atoms with Crippen LogP contribution in [0.2, 0.25) is 0 Å². The zero-order chi connectivity index (χ0) is 14.2. The van der Waals surface area contributed by atoms with Crippen LogP contribution in [-0.4, -0.2) is 32.9 Å². The third-order valence-electron chi connectivity index (χ3n) is 3.84. The Morgan fingerprint density at radius 3 is 2.40 bits per heavy atom. The van der Waals surface area contributed by atoms with Crippen molar-refractivity contribution < 1.29 is 8.42 Å². The molecule has 0 radical (unpaired) electrons. The minimum absolute atomic E-state index is 0.622. The van der Waals surface area contributed by atoms with Gasteiger partial charge in [-0.25, -0.2) is 0 Å². The molecule has 0 bridgehead atoms. The zero-order valence-corrected chi connectivity index (χ0v) is 12.3. The lowest BCUT2D eigenvalue weighted by molar-refractivity contribution is 0.476. The topological polar surface area (TPSA) is 40.6 Å². The zero-order valence-electron chi connectivity index (χ0n) is 11.5. The summed E-state index contributed by atoms with van der Waals surface area (Å²) in [4.78, 5) is 0. The molecule has 0 N–H and O–H groups in total. The number of rotatable bonds is 3. The second-order valence-corrected chi connectivity index (χ2v) is 7.04. The van der Waals surface area contributed by atoms with Gasteiger partial charge in [-0.1, -0.05) is 36.4 Å². The monoisotopic (exact) mass is 290 g/mol. The lowest BCUT2D eigenvalue weighted by Crippen LogP contribution is -2.40. The summed E-state index contributed by atoms with van der Waals surface area (Å²) in [6.45, 7) is 1.24. The van der Waals surface area contributed by atoms with Crippen molar-refractivity contribution >= 4 is 26.7 Å². The smallest absolute Gasteiger partial charge is 0.260 e. The fraction of sp³-hybridized carbons (Fsp3) is 0.333. The van der Waals surface area contributed by atoms with Crippen LogP contribution < -0.4 is 4.31 Å². The first-order chi connectivity index (χ1) is 9.60. The highest BCUT2D eigenvalue weighted by atomic mass is 32.2. The van der Waals surface area contributed by atoms with Crippen LogP contribution in [0, 0.1) is 0 Å². The van der Waals surface area contributed by atoms with E-state index in [9.17, 15) is 8.42 Å². The maximum Gasteiger partial charge on any atom is 0.303 e. The summed E-state index contributed by atoms with van der Waals surface area (Å²) in [5, 5.41) is 2.01. The Morgan fingerprint density at radius 2 is 1.65 bits per heavy atom. The quantitative estimate of drug-likeness (QED) is 0.872. The lowest BCUT2D eigenvalue weighted by Gasteiger charge is -2.26. The van der Waals surface area contributed by atoms with Crippen molar-refractivity contribution in [3.8, 4) is 0 Å². The molecule has 20 heavy (non-hydrogen) atoms. The van der Waals surface area contributed by atoms with Crippen molar-refractivity contribution in [2.45, 2.75) is 12.8 Å². The first kappa shape index (κ1) is 13.4. The van der Waals surface area contributed by atoms with E-state index in [1.807, 2.05) is 42.5 Å². The second kappa shape index (κ2) is 5.07. The van der Waals surface area contributed by atoms with Crippen molar-refractivity contribution in [3.63, 3.8) is 0 Å². The molecule has 0 atom stereocenters. The molecule has 2 aromatic carbocycles. The van der Waals surface area contributed by atoms with Gasteiger partial charge in [-0.05, 0) is 24.3 Å². The number of hydrogen-bond donors (Lipinski definition) is 0. The molecule has 3 rings (SSSR count). The van der Waals surface area contributed by atoms with Gasteiger partial charge in [0, 0.05) is 25.5 Å². The Bertz CT molecular complexity index is 716. The number of benzene rings is 2. The third-order valence-corrected chi connectivity index (χ3v) is 5.75. The number of anilines is 1. The number of fused-ring (bicyclic) bond motifs is 1. The Kier molecular flexibility index (Phi) is 3.40. The summed E-state index contributed by atoms with van der Waals surface area (Å²) in [6.07, 6.45) is 1.89. The molecule has 1 aliphatic rings. The maximum absolute atomic E-state index is 12.6. The van der Waals surface area contributed by atoms with Crippen molar-refractivity contribution in [1.82, 2.24) is 4.31 Å².